The van der Waals surface area contributed by atoms with Gasteiger partial charge >= 0.3 is 11.9 Å². The van der Waals surface area contributed by atoms with Crippen LogP contribution in [0.5, 0.6) is 0 Å². The molecule has 4 nitrogen and oxygen atoms in total. The highest BCUT2D eigenvalue weighted by Crippen LogP contribution is 2.15. The van der Waals surface area contributed by atoms with Gasteiger partial charge in [-0.1, -0.05) is 77.4 Å². The first kappa shape index (κ1) is 22.7. The normalized spacial score (nSPS) is 15.0. The number of aliphatic carboxylic acids is 2. The van der Waals surface area contributed by atoms with E-state index >= 15 is 0 Å². The van der Waals surface area contributed by atoms with Crippen LogP contribution in [0.2, 0.25) is 0 Å². The third-order valence-electron chi connectivity index (χ3n) is 3.23. The lowest BCUT2D eigenvalue weighted by atomic mass is 10.4. The second-order valence-corrected chi connectivity index (χ2v) is 5.71. The van der Waals surface area contributed by atoms with Gasteiger partial charge in [0.05, 0.1) is 0 Å². The Bertz CT molecular complexity index is 264. The Morgan fingerprint density at radius 1 is 0.591 bits per heavy atom. The third-order valence-corrected chi connectivity index (χ3v) is 3.23. The topological polar surface area (TPSA) is 74.6 Å². The molecule has 0 heterocycles. The molecule has 0 aromatic heterocycles. The molecule has 0 amide bonds. The quantitative estimate of drug-likeness (QED) is 0.688. The zero-order valence-electron chi connectivity index (χ0n) is 14.2. The molecule has 2 fully saturated rings. The summed E-state index contributed by atoms with van der Waals surface area (Å²) < 4.78 is 0. The van der Waals surface area contributed by atoms with Crippen molar-refractivity contribution in [2.75, 3.05) is 0 Å². The van der Waals surface area contributed by atoms with Crippen LogP contribution < -0.4 is 0 Å². The van der Waals surface area contributed by atoms with Gasteiger partial charge in [0.15, 0.2) is 0 Å². The molecule has 2 rings (SSSR count). The zero-order valence-corrected chi connectivity index (χ0v) is 14.2. The van der Waals surface area contributed by atoms with E-state index in [-0.39, 0.29) is 11.1 Å². The average Bonchev–Trinajstić information content (AvgIpc) is 3.18. The lowest BCUT2D eigenvalue weighted by Crippen LogP contribution is -1.92. The minimum atomic E-state index is -0.935. The van der Waals surface area contributed by atoms with Crippen molar-refractivity contribution >= 4 is 11.9 Å². The predicted molar refractivity (Wildman–Crippen MR) is 91.1 cm³/mol. The fourth-order valence-electron chi connectivity index (χ4n) is 1.77. The van der Waals surface area contributed by atoms with Crippen LogP contribution in [0, 0.1) is 0 Å². The summed E-state index contributed by atoms with van der Waals surface area (Å²) in [5.41, 5.74) is 0.352. The molecule has 0 saturated heterocycles. The van der Waals surface area contributed by atoms with Crippen LogP contribution in [-0.2, 0) is 9.59 Å². The second-order valence-electron chi connectivity index (χ2n) is 5.71. The summed E-state index contributed by atoms with van der Waals surface area (Å²) in [5, 5.41) is 15.8. The maximum Gasteiger partial charge on any atom is 0.330 e. The van der Waals surface area contributed by atoms with E-state index in [0.29, 0.717) is 0 Å². The summed E-state index contributed by atoms with van der Waals surface area (Å²) in [4.78, 5) is 19.2. The molecule has 0 radical (unpaired) electrons. The van der Waals surface area contributed by atoms with Gasteiger partial charge in [-0.2, -0.15) is 0 Å². The molecule has 22 heavy (non-hydrogen) atoms. The Balaban J connectivity index is 0. The van der Waals surface area contributed by atoms with Crippen molar-refractivity contribution in [3.05, 3.63) is 24.3 Å². The molecule has 2 saturated carbocycles. The van der Waals surface area contributed by atoms with Crippen molar-refractivity contribution in [3.8, 4) is 0 Å². The molecular formula is C18H32O4. The Kier molecular flexibility index (Phi) is 16.3. The monoisotopic (exact) mass is 312 g/mol. The minimum Gasteiger partial charge on any atom is -0.478 e. The molecule has 2 N–H and O–H groups in total. The Morgan fingerprint density at radius 2 is 0.682 bits per heavy atom. The van der Waals surface area contributed by atoms with Crippen LogP contribution in [0.1, 0.15) is 78.1 Å². The molecule has 128 valence electrons. The fourth-order valence-corrected chi connectivity index (χ4v) is 1.77. The zero-order chi connectivity index (χ0) is 17.4. The number of carbonyl (C=O) groups is 2. The molecule has 0 aromatic rings. The first-order valence-corrected chi connectivity index (χ1v) is 8.06. The second kappa shape index (κ2) is 15.8. The van der Waals surface area contributed by atoms with Crippen LogP contribution in [-0.4, -0.2) is 22.2 Å². The van der Waals surface area contributed by atoms with Gasteiger partial charge in [0, 0.05) is 11.1 Å². The van der Waals surface area contributed by atoms with E-state index in [1.807, 2.05) is 0 Å². The molecular weight excluding hydrogens is 280 g/mol. The van der Waals surface area contributed by atoms with E-state index in [1.165, 1.54) is 78.1 Å². The van der Waals surface area contributed by atoms with Crippen molar-refractivity contribution in [2.24, 2.45) is 0 Å². The molecule has 0 aliphatic heterocycles. The minimum absolute atomic E-state index is 0.176. The SMILES string of the molecule is C1CCCC1.C1CCCC1.C=C(C)C(=O)O.C=C(C)C(=O)O. The van der Waals surface area contributed by atoms with E-state index in [2.05, 4.69) is 13.2 Å². The van der Waals surface area contributed by atoms with Gasteiger partial charge in [0.2, 0.25) is 0 Å². The molecule has 2 aliphatic carbocycles. The van der Waals surface area contributed by atoms with Crippen LogP contribution in [0.3, 0.4) is 0 Å². The Labute approximate surface area is 134 Å². The summed E-state index contributed by atoms with van der Waals surface area (Å²) >= 11 is 0. The Hall–Kier alpha value is -1.58. The Morgan fingerprint density at radius 3 is 0.727 bits per heavy atom. The lowest BCUT2D eigenvalue weighted by Gasteiger charge is -1.79. The van der Waals surface area contributed by atoms with Crippen molar-refractivity contribution in [1.29, 1.82) is 0 Å². The number of hydrogen-bond donors (Lipinski definition) is 2. The van der Waals surface area contributed by atoms with Gasteiger partial charge in [-0.05, 0) is 13.8 Å². The van der Waals surface area contributed by atoms with Gasteiger partial charge in [0.25, 0.3) is 0 Å². The van der Waals surface area contributed by atoms with E-state index in [4.69, 9.17) is 10.2 Å². The van der Waals surface area contributed by atoms with Gasteiger partial charge in [-0.15, -0.1) is 0 Å². The van der Waals surface area contributed by atoms with E-state index in [9.17, 15) is 9.59 Å². The van der Waals surface area contributed by atoms with Gasteiger partial charge < -0.3 is 10.2 Å². The summed E-state index contributed by atoms with van der Waals surface area (Å²) in [5.74, 6) is -1.87. The number of hydrogen-bond acceptors (Lipinski definition) is 2. The molecule has 0 atom stereocenters. The standard InChI is InChI=1S/2C5H10.2C4H6O2/c2*1-2-4-5-3-1;2*1-3(2)4(5)6/h2*1-5H2;2*1H2,2H3,(H,5,6). The van der Waals surface area contributed by atoms with Crippen LogP contribution >= 0.6 is 0 Å². The van der Waals surface area contributed by atoms with E-state index in [1.54, 1.807) is 0 Å². The van der Waals surface area contributed by atoms with Crippen molar-refractivity contribution < 1.29 is 19.8 Å². The van der Waals surface area contributed by atoms with Gasteiger partial charge in [-0.25, -0.2) is 9.59 Å². The number of rotatable bonds is 2. The maximum atomic E-state index is 9.60. The maximum absolute atomic E-state index is 9.60. The summed E-state index contributed by atoms with van der Waals surface area (Å²) in [6.45, 7) is 9.20. The number of carboxylic acids is 2. The summed E-state index contributed by atoms with van der Waals surface area (Å²) in [7, 11) is 0. The fraction of sp³-hybridized carbons (Fsp3) is 0.667. The van der Waals surface area contributed by atoms with E-state index in [0.717, 1.165) is 0 Å². The molecule has 4 heteroatoms. The predicted octanol–water partition coefficient (Wildman–Crippen LogP) is 5.20. The molecule has 0 unspecified atom stereocenters. The highest BCUT2D eigenvalue weighted by Gasteiger charge is 1.96. The van der Waals surface area contributed by atoms with Crippen LogP contribution in [0.4, 0.5) is 0 Å². The van der Waals surface area contributed by atoms with Gasteiger partial charge in [0.1, 0.15) is 0 Å². The summed E-state index contributed by atoms with van der Waals surface area (Å²) in [6, 6.07) is 0. The average molecular weight is 312 g/mol. The highest BCUT2D eigenvalue weighted by molar-refractivity contribution is 5.85. The van der Waals surface area contributed by atoms with Crippen molar-refractivity contribution in [2.45, 2.75) is 78.1 Å². The van der Waals surface area contributed by atoms with Crippen LogP contribution in [0.25, 0.3) is 0 Å². The smallest absolute Gasteiger partial charge is 0.330 e. The summed E-state index contributed by atoms with van der Waals surface area (Å²) in [6.07, 6.45) is 15.0. The molecule has 2 aliphatic rings. The molecule has 0 spiro atoms. The van der Waals surface area contributed by atoms with Crippen molar-refractivity contribution in [3.63, 3.8) is 0 Å². The molecule has 0 aromatic carbocycles. The largest absolute Gasteiger partial charge is 0.478 e. The lowest BCUT2D eigenvalue weighted by molar-refractivity contribution is -0.133. The van der Waals surface area contributed by atoms with E-state index < -0.39 is 11.9 Å². The first-order valence-electron chi connectivity index (χ1n) is 8.06. The number of carboxylic acid groups (broad SMARTS) is 2. The highest BCUT2D eigenvalue weighted by atomic mass is 16.4. The first-order chi connectivity index (χ1) is 10.3. The third kappa shape index (κ3) is 20.7. The van der Waals surface area contributed by atoms with Gasteiger partial charge in [-0.3, -0.25) is 0 Å². The van der Waals surface area contributed by atoms with Crippen molar-refractivity contribution in [1.82, 2.24) is 0 Å². The van der Waals surface area contributed by atoms with Crippen LogP contribution in [0.15, 0.2) is 24.3 Å². The molecule has 0 bridgehead atoms.